The van der Waals surface area contributed by atoms with Crippen LogP contribution < -0.4 is 0 Å². The van der Waals surface area contributed by atoms with Gasteiger partial charge in [0, 0.05) is 6.42 Å². The van der Waals surface area contributed by atoms with Crippen molar-refractivity contribution in [1.82, 2.24) is 15.0 Å². The number of Topliss-reactive ketones (excluding diaryl/α,β-unsaturated/α-hetero) is 1. The molecule has 0 amide bonds. The van der Waals surface area contributed by atoms with Gasteiger partial charge in [0.2, 0.25) is 0 Å². The maximum atomic E-state index is 12.5. The van der Waals surface area contributed by atoms with E-state index in [0.29, 0.717) is 18.0 Å². The Labute approximate surface area is 119 Å². The van der Waals surface area contributed by atoms with E-state index < -0.39 is 0 Å². The molecule has 1 heterocycles. The molecule has 0 saturated heterocycles. The summed E-state index contributed by atoms with van der Waals surface area (Å²) in [5.41, 5.74) is 1.52. The summed E-state index contributed by atoms with van der Waals surface area (Å²) in [4.78, 5) is 12.5. The lowest BCUT2D eigenvalue weighted by atomic mass is 9.79. The average Bonchev–Trinajstić information content (AvgIpc) is 2.87. The van der Waals surface area contributed by atoms with Gasteiger partial charge >= 0.3 is 0 Å². The summed E-state index contributed by atoms with van der Waals surface area (Å²) in [6.07, 6.45) is 2.05. The van der Waals surface area contributed by atoms with Crippen LogP contribution in [0.15, 0.2) is 36.5 Å². The molecular formula is C16H21N3O. The molecule has 106 valence electrons. The molecule has 4 nitrogen and oxygen atoms in total. The average molecular weight is 271 g/mol. The number of carbonyl (C=O) groups excluding carboxylic acids is 1. The summed E-state index contributed by atoms with van der Waals surface area (Å²) in [6.45, 7) is 8.56. The first kappa shape index (κ1) is 14.4. The summed E-state index contributed by atoms with van der Waals surface area (Å²) in [6, 6.07) is 9.60. The molecule has 0 aliphatic heterocycles. The fraction of sp³-hybridized carbons (Fsp3) is 0.438. The number of ketones is 1. The highest BCUT2D eigenvalue weighted by atomic mass is 16.1. The summed E-state index contributed by atoms with van der Waals surface area (Å²) >= 11 is 0. The molecule has 0 saturated carbocycles. The second-order valence-corrected chi connectivity index (χ2v) is 6.26. The number of benzene rings is 1. The Bertz CT molecular complexity index is 581. The van der Waals surface area contributed by atoms with Crippen LogP contribution in [0.1, 0.15) is 44.6 Å². The van der Waals surface area contributed by atoms with Crippen molar-refractivity contribution in [2.75, 3.05) is 0 Å². The Kier molecular flexibility index (Phi) is 4.02. The summed E-state index contributed by atoms with van der Waals surface area (Å²) in [5, 5.41) is 7.90. The maximum absolute atomic E-state index is 12.5. The van der Waals surface area contributed by atoms with Gasteiger partial charge in [-0.2, -0.15) is 0 Å². The largest absolute Gasteiger partial charge is 0.292 e. The van der Waals surface area contributed by atoms with E-state index in [0.717, 1.165) is 5.69 Å². The summed E-state index contributed by atoms with van der Waals surface area (Å²) < 4.78 is 1.61. The Hall–Kier alpha value is -1.97. The third kappa shape index (κ3) is 3.13. The molecule has 0 aliphatic carbocycles. The number of hydrogen-bond acceptors (Lipinski definition) is 3. The molecule has 0 spiro atoms. The van der Waals surface area contributed by atoms with Crippen molar-refractivity contribution in [1.29, 1.82) is 0 Å². The minimum atomic E-state index is 0.0845. The van der Waals surface area contributed by atoms with Gasteiger partial charge in [0.05, 0.1) is 11.9 Å². The van der Waals surface area contributed by atoms with Gasteiger partial charge in [-0.25, -0.2) is 4.68 Å². The van der Waals surface area contributed by atoms with E-state index in [9.17, 15) is 4.79 Å². The lowest BCUT2D eigenvalue weighted by Crippen LogP contribution is -2.21. The molecule has 2 rings (SSSR count). The van der Waals surface area contributed by atoms with Crippen molar-refractivity contribution < 1.29 is 4.79 Å². The van der Waals surface area contributed by atoms with Gasteiger partial charge in [0.25, 0.3) is 0 Å². The van der Waals surface area contributed by atoms with E-state index >= 15 is 0 Å². The van der Waals surface area contributed by atoms with Crippen molar-refractivity contribution in [2.24, 2.45) is 11.3 Å². The molecule has 0 radical (unpaired) electrons. The Morgan fingerprint density at radius 3 is 2.50 bits per heavy atom. The number of aromatic nitrogens is 3. The highest BCUT2D eigenvalue weighted by molar-refractivity contribution is 5.94. The van der Waals surface area contributed by atoms with E-state index in [1.807, 2.05) is 30.3 Å². The number of para-hydroxylation sites is 1. The van der Waals surface area contributed by atoms with E-state index in [4.69, 9.17) is 0 Å². The first-order valence-corrected chi connectivity index (χ1v) is 6.89. The predicted octanol–water partition coefficient (Wildman–Crippen LogP) is 3.52. The van der Waals surface area contributed by atoms with Crippen LogP contribution >= 0.6 is 0 Å². The van der Waals surface area contributed by atoms with Gasteiger partial charge in [0.15, 0.2) is 5.78 Å². The van der Waals surface area contributed by atoms with Crippen LogP contribution in [0.3, 0.4) is 0 Å². The molecule has 4 heteroatoms. The first-order valence-electron chi connectivity index (χ1n) is 6.89. The van der Waals surface area contributed by atoms with E-state index in [-0.39, 0.29) is 11.2 Å². The van der Waals surface area contributed by atoms with Gasteiger partial charge < -0.3 is 0 Å². The monoisotopic (exact) mass is 271 g/mol. The standard InChI is InChI=1S/C16H21N3O/c1-12(16(2,3)4)10-15(20)14-11-17-18-19(14)13-8-6-5-7-9-13/h5-9,11-12H,10H2,1-4H3. The summed E-state index contributed by atoms with van der Waals surface area (Å²) in [5.74, 6) is 0.385. The van der Waals surface area contributed by atoms with Crippen LogP contribution in [-0.4, -0.2) is 20.8 Å². The quantitative estimate of drug-likeness (QED) is 0.799. The Balaban J connectivity index is 2.23. The normalized spacial score (nSPS) is 13.2. The second kappa shape index (κ2) is 5.57. The number of rotatable bonds is 4. The van der Waals surface area contributed by atoms with E-state index in [2.05, 4.69) is 38.0 Å². The number of carbonyl (C=O) groups is 1. The van der Waals surface area contributed by atoms with Crippen molar-refractivity contribution in [3.05, 3.63) is 42.2 Å². The van der Waals surface area contributed by atoms with E-state index in [1.54, 1.807) is 10.9 Å². The van der Waals surface area contributed by atoms with Crippen LogP contribution in [-0.2, 0) is 0 Å². The van der Waals surface area contributed by atoms with Gasteiger partial charge in [-0.1, -0.05) is 51.1 Å². The zero-order valence-corrected chi connectivity index (χ0v) is 12.5. The highest BCUT2D eigenvalue weighted by Crippen LogP contribution is 2.29. The van der Waals surface area contributed by atoms with Gasteiger partial charge in [-0.3, -0.25) is 4.79 Å². The molecule has 20 heavy (non-hydrogen) atoms. The number of nitrogens with zero attached hydrogens (tertiary/aromatic N) is 3. The Morgan fingerprint density at radius 1 is 1.25 bits per heavy atom. The smallest absolute Gasteiger partial charge is 0.183 e. The van der Waals surface area contributed by atoms with Crippen LogP contribution in [0.4, 0.5) is 0 Å². The van der Waals surface area contributed by atoms with Crippen molar-refractivity contribution in [3.8, 4) is 5.69 Å². The molecule has 1 atom stereocenters. The third-order valence-corrected chi connectivity index (χ3v) is 3.81. The van der Waals surface area contributed by atoms with Crippen molar-refractivity contribution in [3.63, 3.8) is 0 Å². The summed E-state index contributed by atoms with van der Waals surface area (Å²) in [7, 11) is 0. The maximum Gasteiger partial charge on any atom is 0.183 e. The fourth-order valence-corrected chi connectivity index (χ4v) is 1.87. The molecule has 2 aromatic rings. The lowest BCUT2D eigenvalue weighted by molar-refractivity contribution is 0.0919. The number of hydrogen-bond donors (Lipinski definition) is 0. The first-order chi connectivity index (χ1) is 9.39. The van der Waals surface area contributed by atoms with Crippen molar-refractivity contribution >= 4 is 5.78 Å². The van der Waals surface area contributed by atoms with Crippen LogP contribution in [0.5, 0.6) is 0 Å². The highest BCUT2D eigenvalue weighted by Gasteiger charge is 2.25. The second-order valence-electron chi connectivity index (χ2n) is 6.26. The van der Waals surface area contributed by atoms with Crippen LogP contribution in [0.25, 0.3) is 5.69 Å². The Morgan fingerprint density at radius 2 is 1.90 bits per heavy atom. The van der Waals surface area contributed by atoms with Crippen LogP contribution in [0.2, 0.25) is 0 Å². The minimum absolute atomic E-state index is 0.0845. The zero-order valence-electron chi connectivity index (χ0n) is 12.5. The molecule has 0 aliphatic rings. The third-order valence-electron chi connectivity index (χ3n) is 3.81. The minimum Gasteiger partial charge on any atom is -0.292 e. The van der Waals surface area contributed by atoms with Crippen LogP contribution in [0, 0.1) is 11.3 Å². The van der Waals surface area contributed by atoms with E-state index in [1.165, 1.54) is 0 Å². The topological polar surface area (TPSA) is 47.8 Å². The molecule has 1 aromatic heterocycles. The van der Waals surface area contributed by atoms with Gasteiger partial charge in [0.1, 0.15) is 5.69 Å². The predicted molar refractivity (Wildman–Crippen MR) is 78.9 cm³/mol. The molecule has 0 bridgehead atoms. The van der Waals surface area contributed by atoms with Gasteiger partial charge in [-0.15, -0.1) is 5.10 Å². The zero-order chi connectivity index (χ0) is 14.8. The van der Waals surface area contributed by atoms with Gasteiger partial charge in [-0.05, 0) is 23.5 Å². The molecule has 0 fully saturated rings. The lowest BCUT2D eigenvalue weighted by Gasteiger charge is -2.26. The fourth-order valence-electron chi connectivity index (χ4n) is 1.87. The molecule has 1 aromatic carbocycles. The molecule has 0 N–H and O–H groups in total. The molecule has 1 unspecified atom stereocenters. The SMILES string of the molecule is CC(CC(=O)c1cnnn1-c1ccccc1)C(C)(C)C. The molecular weight excluding hydrogens is 250 g/mol. The van der Waals surface area contributed by atoms with Crippen molar-refractivity contribution in [2.45, 2.75) is 34.1 Å².